The van der Waals surface area contributed by atoms with Crippen molar-refractivity contribution < 1.29 is 0 Å². The molecular weight excluding hydrogens is 873 g/mol. The molecule has 352 valence electrons. The standard InChI is InChI=1S/C61H58N10/c62-57-55-59(66-39-64-57)70(41-68-55)36-18-3-1-16-34-61(35-17-2-4-19-37-71-42-69-56-58(63)65-40-67-60(56)71)51-27-15-14-26-49(51)50-33-32-48(38-52(50)61)43-28-30-47(31-29-43)54(46-24-12-7-13-25-46)53(44-20-8-5-9-21-44)45-22-10-6-11-23-45/h5-15,20-33,38-42H,1-4,16-19,34-37H2,(H2,62,64,66)(H2,63,65,67). The molecule has 71 heavy (non-hydrogen) atoms. The Hall–Kier alpha value is -8.24. The number of benzene rings is 6. The molecule has 1 aliphatic carbocycles. The summed E-state index contributed by atoms with van der Waals surface area (Å²) >= 11 is 0. The number of nitrogens with zero attached hydrogens (tertiary/aromatic N) is 8. The van der Waals surface area contributed by atoms with Crippen LogP contribution in [0, 0.1) is 0 Å². The van der Waals surface area contributed by atoms with Gasteiger partial charge in [0.25, 0.3) is 0 Å². The first-order valence-electron chi connectivity index (χ1n) is 25.1. The number of imidazole rings is 2. The van der Waals surface area contributed by atoms with Crippen LogP contribution in [0.25, 0.3) is 55.7 Å². The van der Waals surface area contributed by atoms with E-state index in [0.29, 0.717) is 22.7 Å². The number of fused-ring (bicyclic) bond motifs is 5. The maximum Gasteiger partial charge on any atom is 0.165 e. The summed E-state index contributed by atoms with van der Waals surface area (Å²) in [5.74, 6) is 0.851. The predicted molar refractivity (Wildman–Crippen MR) is 288 cm³/mol. The molecule has 4 N–H and O–H groups in total. The fraction of sp³-hybridized carbons (Fsp3) is 0.213. The number of nitrogen functional groups attached to an aromatic ring is 2. The highest BCUT2D eigenvalue weighted by atomic mass is 15.1. The molecule has 0 fully saturated rings. The highest BCUT2D eigenvalue weighted by Gasteiger charge is 2.42. The topological polar surface area (TPSA) is 139 Å². The van der Waals surface area contributed by atoms with E-state index >= 15 is 0 Å². The van der Waals surface area contributed by atoms with E-state index in [1.807, 2.05) is 12.7 Å². The summed E-state index contributed by atoms with van der Waals surface area (Å²) in [5, 5.41) is 0. The molecule has 0 aliphatic heterocycles. The second kappa shape index (κ2) is 20.4. The molecule has 4 aromatic heterocycles. The van der Waals surface area contributed by atoms with Gasteiger partial charge < -0.3 is 20.6 Å². The molecule has 0 amide bonds. The van der Waals surface area contributed by atoms with E-state index in [1.165, 1.54) is 79.4 Å². The van der Waals surface area contributed by atoms with Crippen molar-refractivity contribution in [3.8, 4) is 22.3 Å². The summed E-state index contributed by atoms with van der Waals surface area (Å²) < 4.78 is 4.21. The van der Waals surface area contributed by atoms with Crippen LogP contribution in [-0.4, -0.2) is 39.0 Å². The molecule has 0 radical (unpaired) electrons. The van der Waals surface area contributed by atoms with Crippen molar-refractivity contribution in [2.75, 3.05) is 11.5 Å². The Morgan fingerprint density at radius 2 is 0.831 bits per heavy atom. The molecule has 10 nitrogen and oxygen atoms in total. The number of anilines is 2. The van der Waals surface area contributed by atoms with Gasteiger partial charge in [-0.05, 0) is 98.5 Å². The molecule has 0 unspecified atom stereocenters. The number of aromatic nitrogens is 8. The van der Waals surface area contributed by atoms with E-state index in [0.717, 1.165) is 88.6 Å². The lowest BCUT2D eigenvalue weighted by Crippen LogP contribution is -2.25. The first kappa shape index (κ1) is 45.2. The van der Waals surface area contributed by atoms with Crippen LogP contribution in [0.5, 0.6) is 0 Å². The average Bonchev–Trinajstić information content (AvgIpc) is 4.12. The number of nitrogens with two attached hydrogens (primary N) is 2. The molecule has 0 atom stereocenters. The molecule has 0 saturated heterocycles. The zero-order chi connectivity index (χ0) is 48.0. The van der Waals surface area contributed by atoms with Crippen LogP contribution in [0.4, 0.5) is 11.6 Å². The third-order valence-corrected chi connectivity index (χ3v) is 14.6. The van der Waals surface area contributed by atoms with Crippen molar-refractivity contribution >= 4 is 45.1 Å². The summed E-state index contributed by atoms with van der Waals surface area (Å²) in [6.07, 6.45) is 17.8. The largest absolute Gasteiger partial charge is 0.382 e. The summed E-state index contributed by atoms with van der Waals surface area (Å²) in [4.78, 5) is 26.2. The number of hydrogen-bond acceptors (Lipinski definition) is 8. The summed E-state index contributed by atoms with van der Waals surface area (Å²) in [7, 11) is 0. The highest BCUT2D eigenvalue weighted by molar-refractivity contribution is 6.04. The minimum Gasteiger partial charge on any atom is -0.382 e. The van der Waals surface area contributed by atoms with E-state index in [2.05, 4.69) is 197 Å². The van der Waals surface area contributed by atoms with Crippen LogP contribution in [0.15, 0.2) is 183 Å². The lowest BCUT2D eigenvalue weighted by Gasteiger charge is -2.33. The molecule has 0 bridgehead atoms. The minimum absolute atomic E-state index is 0.102. The first-order valence-corrected chi connectivity index (χ1v) is 25.1. The number of rotatable bonds is 19. The minimum atomic E-state index is -0.102. The Morgan fingerprint density at radius 3 is 1.35 bits per heavy atom. The molecule has 6 aromatic carbocycles. The van der Waals surface area contributed by atoms with Crippen molar-refractivity contribution in [3.05, 3.63) is 216 Å². The molecule has 1 aliphatic rings. The monoisotopic (exact) mass is 930 g/mol. The van der Waals surface area contributed by atoms with Gasteiger partial charge in [-0.2, -0.15) is 0 Å². The van der Waals surface area contributed by atoms with Gasteiger partial charge in [0.15, 0.2) is 22.9 Å². The molecule has 0 spiro atoms. The van der Waals surface area contributed by atoms with Gasteiger partial charge in [-0.15, -0.1) is 0 Å². The van der Waals surface area contributed by atoms with E-state index in [1.54, 1.807) is 0 Å². The molecule has 0 saturated carbocycles. The fourth-order valence-electron chi connectivity index (χ4n) is 11.1. The zero-order valence-electron chi connectivity index (χ0n) is 40.0. The molecule has 10 aromatic rings. The highest BCUT2D eigenvalue weighted by Crippen LogP contribution is 2.55. The number of hydrogen-bond donors (Lipinski definition) is 2. The number of aryl methyl sites for hydroxylation is 2. The second-order valence-corrected chi connectivity index (χ2v) is 18.9. The second-order valence-electron chi connectivity index (χ2n) is 18.9. The van der Waals surface area contributed by atoms with Crippen LogP contribution in [-0.2, 0) is 18.5 Å². The third-order valence-electron chi connectivity index (χ3n) is 14.6. The zero-order valence-corrected chi connectivity index (χ0v) is 40.0. The third kappa shape index (κ3) is 9.09. The van der Waals surface area contributed by atoms with Crippen molar-refractivity contribution in [2.24, 2.45) is 0 Å². The maximum absolute atomic E-state index is 6.09. The Morgan fingerprint density at radius 1 is 0.394 bits per heavy atom. The van der Waals surface area contributed by atoms with Gasteiger partial charge in [0.1, 0.15) is 23.7 Å². The maximum atomic E-state index is 6.09. The van der Waals surface area contributed by atoms with Gasteiger partial charge in [0, 0.05) is 18.5 Å². The summed E-state index contributed by atoms with van der Waals surface area (Å²) in [6, 6.07) is 58.2. The van der Waals surface area contributed by atoms with E-state index in [4.69, 9.17) is 11.5 Å². The predicted octanol–water partition coefficient (Wildman–Crippen LogP) is 13.4. The van der Waals surface area contributed by atoms with Gasteiger partial charge >= 0.3 is 0 Å². The van der Waals surface area contributed by atoms with E-state index in [9.17, 15) is 0 Å². The van der Waals surface area contributed by atoms with Gasteiger partial charge in [-0.3, -0.25) is 0 Å². The Balaban J connectivity index is 0.885. The van der Waals surface area contributed by atoms with Crippen molar-refractivity contribution in [1.82, 2.24) is 39.0 Å². The Bertz CT molecular complexity index is 3320. The average molecular weight is 931 g/mol. The molecule has 4 heterocycles. The lowest BCUT2D eigenvalue weighted by molar-refractivity contribution is 0.396. The van der Waals surface area contributed by atoms with Crippen LogP contribution in [0.2, 0.25) is 0 Å². The normalized spacial score (nSPS) is 12.6. The SMILES string of the molecule is Nc1ncnc2c1ncn2CCCCCCC1(CCCCCCn2cnc3c(N)ncnc32)c2ccccc2-c2ccc(-c3ccc(C(=C(c4ccccc4)c4ccccc4)c4ccccc4)cc3)cc21. The van der Waals surface area contributed by atoms with Gasteiger partial charge in [-0.1, -0.05) is 190 Å². The Labute approximate surface area is 415 Å². The van der Waals surface area contributed by atoms with Crippen LogP contribution >= 0.6 is 0 Å². The van der Waals surface area contributed by atoms with Crippen LogP contribution < -0.4 is 11.5 Å². The quantitative estimate of drug-likeness (QED) is 0.0604. The van der Waals surface area contributed by atoms with Gasteiger partial charge in [0.2, 0.25) is 0 Å². The molecule has 11 rings (SSSR count). The van der Waals surface area contributed by atoms with Crippen molar-refractivity contribution in [3.63, 3.8) is 0 Å². The van der Waals surface area contributed by atoms with E-state index in [-0.39, 0.29) is 5.41 Å². The van der Waals surface area contributed by atoms with Crippen molar-refractivity contribution in [2.45, 2.75) is 82.7 Å². The van der Waals surface area contributed by atoms with Crippen LogP contribution in [0.3, 0.4) is 0 Å². The van der Waals surface area contributed by atoms with Crippen LogP contribution in [0.1, 0.15) is 97.6 Å². The van der Waals surface area contributed by atoms with Gasteiger partial charge in [0.05, 0.1) is 12.7 Å². The molecular formula is C61H58N10. The lowest BCUT2D eigenvalue weighted by atomic mass is 9.70. The smallest absolute Gasteiger partial charge is 0.165 e. The first-order chi connectivity index (χ1) is 35.1. The van der Waals surface area contributed by atoms with Crippen molar-refractivity contribution in [1.29, 1.82) is 0 Å². The summed E-state index contributed by atoms with van der Waals surface area (Å²) in [6.45, 7) is 1.70. The van der Waals surface area contributed by atoms with Gasteiger partial charge in [-0.25, -0.2) is 29.9 Å². The van der Waals surface area contributed by atoms with E-state index < -0.39 is 0 Å². The fourth-order valence-corrected chi connectivity index (χ4v) is 11.1. The molecule has 10 heteroatoms. The number of unbranched alkanes of at least 4 members (excludes halogenated alkanes) is 6. The summed E-state index contributed by atoms with van der Waals surface area (Å²) in [5.41, 5.74) is 30.4. The Kier molecular flexibility index (Phi) is 13.0.